The highest BCUT2D eigenvalue weighted by atomic mass is 19.4. The molecule has 0 radical (unpaired) electrons. The molecule has 0 saturated carbocycles. The van der Waals surface area contributed by atoms with Crippen molar-refractivity contribution in [2.45, 2.75) is 38.8 Å². The average Bonchev–Trinajstić information content (AvgIpc) is 2.35. The first-order chi connectivity index (χ1) is 8.97. The number of rotatable bonds is 8. The smallest absolute Gasteiger partial charge is 0.381 e. The van der Waals surface area contributed by atoms with Crippen LogP contribution in [0.3, 0.4) is 0 Å². The molecule has 6 heteroatoms. The third kappa shape index (κ3) is 7.13. The van der Waals surface area contributed by atoms with Crippen LogP contribution in [-0.4, -0.2) is 45.7 Å². The van der Waals surface area contributed by atoms with Crippen molar-refractivity contribution >= 4 is 0 Å². The number of halogens is 3. The van der Waals surface area contributed by atoms with E-state index in [1.54, 1.807) is 0 Å². The van der Waals surface area contributed by atoms with Crippen LogP contribution >= 0.6 is 0 Å². The predicted octanol–water partition coefficient (Wildman–Crippen LogP) is 2.75. The summed E-state index contributed by atoms with van der Waals surface area (Å²) in [5.41, 5.74) is 0.0268. The predicted molar refractivity (Wildman–Crippen MR) is 67.1 cm³/mol. The van der Waals surface area contributed by atoms with E-state index in [2.05, 4.69) is 12.2 Å². The lowest BCUT2D eigenvalue weighted by Crippen LogP contribution is -2.40. The van der Waals surface area contributed by atoms with Crippen LogP contribution in [0.15, 0.2) is 0 Å². The highest BCUT2D eigenvalue weighted by molar-refractivity contribution is 4.84. The molecule has 0 aromatic heterocycles. The van der Waals surface area contributed by atoms with Crippen molar-refractivity contribution in [1.82, 2.24) is 5.32 Å². The third-order valence-corrected chi connectivity index (χ3v) is 3.52. The second-order valence-electron chi connectivity index (χ2n) is 5.21. The molecule has 0 aromatic carbocycles. The molecular formula is C13H24F3NO2. The Balaban J connectivity index is 2.32. The summed E-state index contributed by atoms with van der Waals surface area (Å²) in [6.45, 7) is 4.25. The SMILES string of the molecule is CCCNCC1(CCOCC(F)(F)F)CCOCC1. The average molecular weight is 283 g/mol. The number of ether oxygens (including phenoxy) is 2. The van der Waals surface area contributed by atoms with Crippen molar-refractivity contribution in [1.29, 1.82) is 0 Å². The van der Waals surface area contributed by atoms with Crippen molar-refractivity contribution in [3.8, 4) is 0 Å². The summed E-state index contributed by atoms with van der Waals surface area (Å²) in [5, 5.41) is 3.37. The maximum atomic E-state index is 12.0. The minimum Gasteiger partial charge on any atom is -0.381 e. The molecule has 1 heterocycles. The Bertz CT molecular complexity index is 241. The number of nitrogens with one attached hydrogen (secondary N) is 1. The lowest BCUT2D eigenvalue weighted by molar-refractivity contribution is -0.176. The van der Waals surface area contributed by atoms with Gasteiger partial charge in [-0.25, -0.2) is 0 Å². The second kappa shape index (κ2) is 8.07. The molecular weight excluding hydrogens is 259 g/mol. The topological polar surface area (TPSA) is 30.5 Å². The maximum Gasteiger partial charge on any atom is 0.411 e. The standard InChI is InChI=1S/C13H24F3NO2/c1-2-6-17-10-12(3-7-18-8-4-12)5-9-19-11-13(14,15)16/h17H,2-11H2,1H3. The monoisotopic (exact) mass is 283 g/mol. The van der Waals surface area contributed by atoms with Crippen LogP contribution in [0.25, 0.3) is 0 Å². The van der Waals surface area contributed by atoms with Crippen LogP contribution in [0.2, 0.25) is 0 Å². The van der Waals surface area contributed by atoms with Gasteiger partial charge in [0.05, 0.1) is 0 Å². The lowest BCUT2D eigenvalue weighted by Gasteiger charge is -2.37. The van der Waals surface area contributed by atoms with E-state index < -0.39 is 12.8 Å². The van der Waals surface area contributed by atoms with Gasteiger partial charge in [-0.05, 0) is 37.6 Å². The summed E-state index contributed by atoms with van der Waals surface area (Å²) in [4.78, 5) is 0. The van der Waals surface area contributed by atoms with Crippen LogP contribution in [0, 0.1) is 5.41 Å². The van der Waals surface area contributed by atoms with Crippen molar-refractivity contribution in [2.24, 2.45) is 5.41 Å². The molecule has 1 rings (SSSR count). The molecule has 0 amide bonds. The third-order valence-electron chi connectivity index (χ3n) is 3.52. The van der Waals surface area contributed by atoms with Gasteiger partial charge in [-0.2, -0.15) is 13.2 Å². The maximum absolute atomic E-state index is 12.0. The number of alkyl halides is 3. The van der Waals surface area contributed by atoms with E-state index in [-0.39, 0.29) is 12.0 Å². The zero-order valence-corrected chi connectivity index (χ0v) is 11.5. The quantitative estimate of drug-likeness (QED) is 0.695. The minimum absolute atomic E-state index is 0.0268. The second-order valence-corrected chi connectivity index (χ2v) is 5.21. The van der Waals surface area contributed by atoms with Crippen LogP contribution in [0.5, 0.6) is 0 Å². The Hall–Kier alpha value is -0.330. The van der Waals surface area contributed by atoms with Gasteiger partial charge in [-0.15, -0.1) is 0 Å². The van der Waals surface area contributed by atoms with Crippen LogP contribution in [0.4, 0.5) is 13.2 Å². The van der Waals surface area contributed by atoms with Crippen molar-refractivity contribution in [2.75, 3.05) is 39.5 Å². The van der Waals surface area contributed by atoms with Gasteiger partial charge in [0.15, 0.2) is 0 Å². The van der Waals surface area contributed by atoms with Crippen LogP contribution < -0.4 is 5.32 Å². The van der Waals surface area contributed by atoms with E-state index in [1.807, 2.05) is 0 Å². The molecule has 3 nitrogen and oxygen atoms in total. The van der Waals surface area contributed by atoms with E-state index in [4.69, 9.17) is 9.47 Å². The van der Waals surface area contributed by atoms with Crippen molar-refractivity contribution in [3.05, 3.63) is 0 Å². The van der Waals surface area contributed by atoms with Crippen molar-refractivity contribution in [3.63, 3.8) is 0 Å². The summed E-state index contributed by atoms with van der Waals surface area (Å²) in [6.07, 6.45) is -0.748. The molecule has 114 valence electrons. The normalized spacial score (nSPS) is 19.6. The van der Waals surface area contributed by atoms with Gasteiger partial charge in [-0.1, -0.05) is 6.92 Å². The summed E-state index contributed by atoms with van der Waals surface area (Å²) in [7, 11) is 0. The Morgan fingerprint density at radius 3 is 2.53 bits per heavy atom. The van der Waals surface area contributed by atoms with Gasteiger partial charge in [0.2, 0.25) is 0 Å². The zero-order valence-electron chi connectivity index (χ0n) is 11.5. The molecule has 1 aliphatic heterocycles. The minimum atomic E-state index is -4.23. The van der Waals surface area contributed by atoms with Gasteiger partial charge >= 0.3 is 6.18 Å². The van der Waals surface area contributed by atoms with E-state index in [0.29, 0.717) is 19.6 Å². The fourth-order valence-corrected chi connectivity index (χ4v) is 2.33. The Morgan fingerprint density at radius 2 is 1.95 bits per heavy atom. The van der Waals surface area contributed by atoms with E-state index >= 15 is 0 Å². The summed E-state index contributed by atoms with van der Waals surface area (Å²) in [5.74, 6) is 0. The fraction of sp³-hybridized carbons (Fsp3) is 1.00. The molecule has 1 saturated heterocycles. The summed E-state index contributed by atoms with van der Waals surface area (Å²) >= 11 is 0. The highest BCUT2D eigenvalue weighted by Gasteiger charge is 2.33. The fourth-order valence-electron chi connectivity index (χ4n) is 2.33. The summed E-state index contributed by atoms with van der Waals surface area (Å²) in [6, 6.07) is 0. The van der Waals surface area contributed by atoms with Crippen LogP contribution in [0.1, 0.15) is 32.6 Å². The number of hydrogen-bond acceptors (Lipinski definition) is 3. The molecule has 0 bridgehead atoms. The van der Waals surface area contributed by atoms with E-state index in [9.17, 15) is 13.2 Å². The molecule has 1 aliphatic rings. The molecule has 1 N–H and O–H groups in total. The van der Waals surface area contributed by atoms with Gasteiger partial charge in [0.1, 0.15) is 6.61 Å². The lowest BCUT2D eigenvalue weighted by atomic mass is 9.77. The van der Waals surface area contributed by atoms with Gasteiger partial charge < -0.3 is 14.8 Å². The highest BCUT2D eigenvalue weighted by Crippen LogP contribution is 2.33. The molecule has 0 atom stereocenters. The number of hydrogen-bond donors (Lipinski definition) is 1. The first-order valence-electron chi connectivity index (χ1n) is 6.90. The molecule has 19 heavy (non-hydrogen) atoms. The van der Waals surface area contributed by atoms with Crippen LogP contribution in [-0.2, 0) is 9.47 Å². The Kier molecular flexibility index (Phi) is 7.10. The largest absolute Gasteiger partial charge is 0.411 e. The Morgan fingerprint density at radius 1 is 1.26 bits per heavy atom. The molecule has 0 spiro atoms. The molecule has 1 fully saturated rings. The van der Waals surface area contributed by atoms with E-state index in [1.165, 1.54) is 0 Å². The van der Waals surface area contributed by atoms with Crippen molar-refractivity contribution < 1.29 is 22.6 Å². The molecule has 0 aromatic rings. The first kappa shape index (κ1) is 16.7. The van der Waals surface area contributed by atoms with Gasteiger partial charge in [-0.3, -0.25) is 0 Å². The van der Waals surface area contributed by atoms with E-state index in [0.717, 1.165) is 32.4 Å². The zero-order chi connectivity index (χ0) is 14.2. The molecule has 0 aliphatic carbocycles. The molecule has 0 unspecified atom stereocenters. The Labute approximate surface area is 112 Å². The van der Waals surface area contributed by atoms with Gasteiger partial charge in [0.25, 0.3) is 0 Å². The summed E-state index contributed by atoms with van der Waals surface area (Å²) < 4.78 is 46.1. The van der Waals surface area contributed by atoms with Gasteiger partial charge in [0, 0.05) is 26.4 Å². The first-order valence-corrected chi connectivity index (χ1v) is 6.90.